The van der Waals surface area contributed by atoms with Gasteiger partial charge in [0.15, 0.2) is 0 Å². The van der Waals surface area contributed by atoms with Crippen molar-refractivity contribution in [2.45, 2.75) is 6.42 Å². The van der Waals surface area contributed by atoms with Crippen LogP contribution in [0.1, 0.15) is 5.56 Å². The highest BCUT2D eigenvalue weighted by Gasteiger charge is 2.10. The van der Waals surface area contributed by atoms with Crippen LogP contribution in [0, 0.1) is 0 Å². The summed E-state index contributed by atoms with van der Waals surface area (Å²) in [5, 5.41) is 1.31. The monoisotopic (exact) mass is 359 g/mol. The number of hydrogen-bond donors (Lipinski definition) is 1. The van der Waals surface area contributed by atoms with Crippen molar-refractivity contribution >= 4 is 39.1 Å². The lowest BCUT2D eigenvalue weighted by Gasteiger charge is -2.13. The summed E-state index contributed by atoms with van der Waals surface area (Å²) >= 11 is 15.5. The fourth-order valence-electron chi connectivity index (χ4n) is 1.70. The molecule has 2 aromatic rings. The highest BCUT2D eigenvalue weighted by molar-refractivity contribution is 9.10. The lowest BCUT2D eigenvalue weighted by Crippen LogP contribution is -2.04. The first-order valence-corrected chi connectivity index (χ1v) is 7.27. The van der Waals surface area contributed by atoms with Crippen molar-refractivity contribution < 1.29 is 4.74 Å². The Balaban J connectivity index is 2.35. The molecular formula is C14H12BrCl2NO. The van der Waals surface area contributed by atoms with Gasteiger partial charge in [0.25, 0.3) is 0 Å². The van der Waals surface area contributed by atoms with E-state index in [1.54, 1.807) is 18.2 Å². The predicted octanol–water partition coefficient (Wildman–Crippen LogP) is 5.05. The van der Waals surface area contributed by atoms with Crippen molar-refractivity contribution in [3.8, 4) is 11.5 Å². The van der Waals surface area contributed by atoms with Gasteiger partial charge in [-0.3, -0.25) is 0 Å². The number of ether oxygens (including phenoxy) is 1. The molecule has 0 aliphatic carbocycles. The van der Waals surface area contributed by atoms with E-state index in [9.17, 15) is 0 Å². The average molecular weight is 361 g/mol. The fourth-order valence-corrected chi connectivity index (χ4v) is 2.72. The van der Waals surface area contributed by atoms with Crippen molar-refractivity contribution in [2.75, 3.05) is 6.54 Å². The molecule has 0 atom stereocenters. The van der Waals surface area contributed by atoms with Crippen LogP contribution in [-0.4, -0.2) is 6.54 Å². The van der Waals surface area contributed by atoms with E-state index in [0.29, 0.717) is 34.5 Å². The van der Waals surface area contributed by atoms with E-state index < -0.39 is 0 Å². The second-order valence-corrected chi connectivity index (χ2v) is 5.63. The maximum Gasteiger partial charge on any atom is 0.141 e. The molecule has 0 spiro atoms. The number of hydrogen-bond acceptors (Lipinski definition) is 2. The van der Waals surface area contributed by atoms with E-state index >= 15 is 0 Å². The molecule has 2 aromatic carbocycles. The Bertz CT molecular complexity index is 590. The van der Waals surface area contributed by atoms with Crippen LogP contribution in [0.3, 0.4) is 0 Å². The Labute approximate surface area is 130 Å². The largest absolute Gasteiger partial charge is 0.456 e. The van der Waals surface area contributed by atoms with Gasteiger partial charge in [0.05, 0.1) is 4.47 Å². The fraction of sp³-hybridized carbons (Fsp3) is 0.143. The molecule has 0 saturated heterocycles. The number of benzene rings is 2. The minimum atomic E-state index is 0.516. The molecule has 2 N–H and O–H groups in total. The van der Waals surface area contributed by atoms with Crippen LogP contribution >= 0.6 is 39.1 Å². The molecule has 19 heavy (non-hydrogen) atoms. The zero-order valence-corrected chi connectivity index (χ0v) is 13.1. The molecule has 0 unspecified atom stereocenters. The molecule has 0 fully saturated rings. The zero-order chi connectivity index (χ0) is 13.8. The minimum absolute atomic E-state index is 0.516. The molecule has 2 rings (SSSR count). The van der Waals surface area contributed by atoms with E-state index in [1.165, 1.54) is 0 Å². The Kier molecular flexibility index (Phi) is 5.11. The molecule has 0 amide bonds. The van der Waals surface area contributed by atoms with Gasteiger partial charge in [-0.15, -0.1) is 0 Å². The molecule has 100 valence electrons. The first-order valence-electron chi connectivity index (χ1n) is 5.72. The third-order valence-electron chi connectivity index (χ3n) is 2.58. The van der Waals surface area contributed by atoms with Gasteiger partial charge in [-0.1, -0.05) is 29.3 Å². The maximum atomic E-state index is 6.17. The van der Waals surface area contributed by atoms with Crippen molar-refractivity contribution in [1.29, 1.82) is 0 Å². The normalized spacial score (nSPS) is 10.5. The predicted molar refractivity (Wildman–Crippen MR) is 83.4 cm³/mol. The molecule has 0 radical (unpaired) electrons. The third-order valence-corrected chi connectivity index (χ3v) is 3.79. The van der Waals surface area contributed by atoms with Crippen molar-refractivity contribution in [2.24, 2.45) is 5.73 Å². The van der Waals surface area contributed by atoms with Crippen molar-refractivity contribution in [3.63, 3.8) is 0 Å². The smallest absolute Gasteiger partial charge is 0.141 e. The van der Waals surface area contributed by atoms with Gasteiger partial charge in [-0.2, -0.15) is 0 Å². The summed E-state index contributed by atoms with van der Waals surface area (Å²) in [7, 11) is 0. The van der Waals surface area contributed by atoms with E-state index in [2.05, 4.69) is 15.9 Å². The summed E-state index contributed by atoms with van der Waals surface area (Å²) in [5.74, 6) is 1.39. The van der Waals surface area contributed by atoms with Gasteiger partial charge in [-0.05, 0) is 59.2 Å². The summed E-state index contributed by atoms with van der Waals surface area (Å²) in [6.45, 7) is 0.516. The van der Waals surface area contributed by atoms with Crippen LogP contribution in [0.25, 0.3) is 0 Å². The SMILES string of the molecule is NCCc1c(Cl)cccc1Oc1ccc(Cl)cc1Br. The van der Waals surface area contributed by atoms with Crippen molar-refractivity contribution in [1.82, 2.24) is 0 Å². The minimum Gasteiger partial charge on any atom is -0.456 e. The van der Waals surface area contributed by atoms with E-state index in [1.807, 2.05) is 18.2 Å². The second-order valence-electron chi connectivity index (χ2n) is 3.93. The quantitative estimate of drug-likeness (QED) is 0.827. The second kappa shape index (κ2) is 6.62. The third kappa shape index (κ3) is 3.63. The lowest BCUT2D eigenvalue weighted by atomic mass is 10.1. The summed E-state index contributed by atoms with van der Waals surface area (Å²) in [4.78, 5) is 0. The van der Waals surface area contributed by atoms with E-state index in [4.69, 9.17) is 33.7 Å². The molecule has 0 aliphatic rings. The number of nitrogens with two attached hydrogens (primary N) is 1. The standard InChI is InChI=1S/C14H12BrCl2NO/c15-11-8-9(16)4-5-14(11)19-13-3-1-2-12(17)10(13)6-7-18/h1-5,8H,6-7,18H2. The van der Waals surface area contributed by atoms with Gasteiger partial charge >= 0.3 is 0 Å². The van der Waals surface area contributed by atoms with Crippen LogP contribution in [0.4, 0.5) is 0 Å². The van der Waals surface area contributed by atoms with Crippen LogP contribution in [0.15, 0.2) is 40.9 Å². The van der Waals surface area contributed by atoms with Crippen LogP contribution in [0.2, 0.25) is 10.0 Å². The van der Waals surface area contributed by atoms with E-state index in [0.717, 1.165) is 10.0 Å². The zero-order valence-electron chi connectivity index (χ0n) is 10.00. The summed E-state index contributed by atoms with van der Waals surface area (Å²) in [6, 6.07) is 10.9. The molecule has 0 heterocycles. The van der Waals surface area contributed by atoms with Crippen molar-refractivity contribution in [3.05, 3.63) is 56.5 Å². The topological polar surface area (TPSA) is 35.2 Å². The molecule has 5 heteroatoms. The first-order chi connectivity index (χ1) is 9.11. The average Bonchev–Trinajstić information content (AvgIpc) is 2.37. The van der Waals surface area contributed by atoms with Crippen LogP contribution in [0.5, 0.6) is 11.5 Å². The summed E-state index contributed by atoms with van der Waals surface area (Å²) in [6.07, 6.45) is 0.667. The molecule has 0 bridgehead atoms. The van der Waals surface area contributed by atoms with Gasteiger partial charge in [0, 0.05) is 15.6 Å². The highest BCUT2D eigenvalue weighted by atomic mass is 79.9. The Morgan fingerprint density at radius 2 is 1.89 bits per heavy atom. The Hall–Kier alpha value is -0.740. The molecule has 0 aromatic heterocycles. The molecule has 2 nitrogen and oxygen atoms in total. The molecule has 0 saturated carbocycles. The first kappa shape index (κ1) is 14.7. The number of rotatable bonds is 4. The van der Waals surface area contributed by atoms with Gasteiger partial charge in [-0.25, -0.2) is 0 Å². The Morgan fingerprint density at radius 1 is 1.11 bits per heavy atom. The van der Waals surface area contributed by atoms with E-state index in [-0.39, 0.29) is 0 Å². The highest BCUT2D eigenvalue weighted by Crippen LogP contribution is 2.35. The molecule has 0 aliphatic heterocycles. The van der Waals surface area contributed by atoms with Crippen LogP contribution < -0.4 is 10.5 Å². The lowest BCUT2D eigenvalue weighted by molar-refractivity contribution is 0.473. The number of halogens is 3. The molecular weight excluding hydrogens is 349 g/mol. The van der Waals surface area contributed by atoms with Gasteiger partial charge in [0.2, 0.25) is 0 Å². The van der Waals surface area contributed by atoms with Crippen LogP contribution in [-0.2, 0) is 6.42 Å². The van der Waals surface area contributed by atoms with Gasteiger partial charge in [0.1, 0.15) is 11.5 Å². The Morgan fingerprint density at radius 3 is 2.58 bits per heavy atom. The maximum absolute atomic E-state index is 6.17. The van der Waals surface area contributed by atoms with Gasteiger partial charge < -0.3 is 10.5 Å². The summed E-state index contributed by atoms with van der Waals surface area (Å²) in [5.41, 5.74) is 6.51. The summed E-state index contributed by atoms with van der Waals surface area (Å²) < 4.78 is 6.67.